The van der Waals surface area contributed by atoms with E-state index in [1.807, 2.05) is 0 Å². The zero-order valence-corrected chi connectivity index (χ0v) is 25.4. The van der Waals surface area contributed by atoms with Crippen molar-refractivity contribution in [1.29, 1.82) is 0 Å². The van der Waals surface area contributed by atoms with Crippen molar-refractivity contribution in [3.05, 3.63) is 12.2 Å². The summed E-state index contributed by atoms with van der Waals surface area (Å²) in [6.45, 7) is 13.6. The average Bonchev–Trinajstić information content (AvgIpc) is 2.92. The maximum Gasteiger partial charge on any atom is 0.350 e. The Hall–Kier alpha value is -1.85. The van der Waals surface area contributed by atoms with Crippen molar-refractivity contribution in [2.75, 3.05) is 13.2 Å². The molecule has 39 heavy (non-hydrogen) atoms. The van der Waals surface area contributed by atoms with E-state index in [0.29, 0.717) is 49.9 Å². The second kappa shape index (κ2) is 17.8. The van der Waals surface area contributed by atoms with E-state index in [1.54, 1.807) is 0 Å². The third kappa shape index (κ3) is 12.0. The highest BCUT2D eigenvalue weighted by Gasteiger charge is 2.50. The first-order valence-corrected chi connectivity index (χ1v) is 15.9. The van der Waals surface area contributed by atoms with E-state index in [9.17, 15) is 14.4 Å². The van der Waals surface area contributed by atoms with Crippen molar-refractivity contribution >= 4 is 17.9 Å². The summed E-state index contributed by atoms with van der Waals surface area (Å²) < 4.78 is 17.3. The van der Waals surface area contributed by atoms with Crippen molar-refractivity contribution in [2.45, 2.75) is 142 Å². The van der Waals surface area contributed by atoms with E-state index in [2.05, 4.69) is 34.3 Å². The molecule has 0 aliphatic heterocycles. The molecule has 6 nitrogen and oxygen atoms in total. The number of hydrogen-bond donors (Lipinski definition) is 0. The van der Waals surface area contributed by atoms with Gasteiger partial charge in [-0.1, -0.05) is 92.1 Å². The fourth-order valence-corrected chi connectivity index (χ4v) is 5.87. The largest absolute Gasteiger partial charge is 0.465 e. The van der Waals surface area contributed by atoms with Crippen molar-refractivity contribution < 1.29 is 28.6 Å². The first kappa shape index (κ1) is 33.4. The molecule has 0 aromatic heterocycles. The predicted octanol–water partition coefficient (Wildman–Crippen LogP) is 8.11. The average molecular weight is 549 g/mol. The van der Waals surface area contributed by atoms with Crippen molar-refractivity contribution in [3.63, 3.8) is 0 Å². The molecule has 0 amide bonds. The summed E-state index contributed by atoms with van der Waals surface area (Å²) in [6, 6.07) is 0. The molecule has 0 radical (unpaired) electrons. The maximum atomic E-state index is 13.5. The zero-order valence-electron chi connectivity index (χ0n) is 25.4. The van der Waals surface area contributed by atoms with E-state index in [1.165, 1.54) is 12.8 Å². The Bertz CT molecular complexity index is 766. The normalized spacial score (nSPS) is 22.1. The van der Waals surface area contributed by atoms with Gasteiger partial charge in [-0.2, -0.15) is 0 Å². The van der Waals surface area contributed by atoms with E-state index in [-0.39, 0.29) is 18.3 Å². The molecule has 0 spiro atoms. The molecule has 2 atom stereocenters. The predicted molar refractivity (Wildman–Crippen MR) is 155 cm³/mol. The SMILES string of the molecule is C=C(C(=O)OC1(C(=O)OCCCCCC(C)C)CCCC(C(=O)OCCCCCC(C)C)C1)C1CCCCC1. The van der Waals surface area contributed by atoms with Crippen LogP contribution < -0.4 is 0 Å². The van der Waals surface area contributed by atoms with Gasteiger partial charge in [-0.25, -0.2) is 9.59 Å². The van der Waals surface area contributed by atoms with Crippen LogP contribution in [-0.4, -0.2) is 36.7 Å². The first-order valence-electron chi connectivity index (χ1n) is 15.9. The zero-order chi connectivity index (χ0) is 28.7. The van der Waals surface area contributed by atoms with Crippen LogP contribution in [0.5, 0.6) is 0 Å². The van der Waals surface area contributed by atoms with Crippen molar-refractivity contribution in [1.82, 2.24) is 0 Å². The van der Waals surface area contributed by atoms with Gasteiger partial charge in [0.15, 0.2) is 0 Å². The van der Waals surface area contributed by atoms with Crippen LogP contribution in [0, 0.1) is 23.7 Å². The van der Waals surface area contributed by atoms with Gasteiger partial charge in [0.25, 0.3) is 0 Å². The molecule has 2 aliphatic carbocycles. The molecule has 2 unspecified atom stereocenters. The van der Waals surface area contributed by atoms with Gasteiger partial charge in [0.2, 0.25) is 5.60 Å². The summed E-state index contributed by atoms with van der Waals surface area (Å²) >= 11 is 0. The number of ether oxygens (including phenoxy) is 3. The molecule has 2 saturated carbocycles. The Labute approximate surface area is 238 Å². The molecule has 0 N–H and O–H groups in total. The third-order valence-corrected chi connectivity index (χ3v) is 8.39. The van der Waals surface area contributed by atoms with Crippen LogP contribution in [0.4, 0.5) is 0 Å². The lowest BCUT2D eigenvalue weighted by Crippen LogP contribution is -2.50. The molecule has 0 saturated heterocycles. The minimum absolute atomic E-state index is 0.0975. The quantitative estimate of drug-likeness (QED) is 0.0790. The van der Waals surface area contributed by atoms with Gasteiger partial charge >= 0.3 is 17.9 Å². The Kier molecular flexibility index (Phi) is 15.2. The van der Waals surface area contributed by atoms with Crippen LogP contribution in [0.3, 0.4) is 0 Å². The van der Waals surface area contributed by atoms with Crippen LogP contribution in [0.1, 0.15) is 137 Å². The van der Waals surface area contributed by atoms with Gasteiger partial charge in [0.1, 0.15) is 0 Å². The lowest BCUT2D eigenvalue weighted by Gasteiger charge is -2.38. The smallest absolute Gasteiger partial charge is 0.350 e. The topological polar surface area (TPSA) is 78.9 Å². The summed E-state index contributed by atoms with van der Waals surface area (Å²) in [6.07, 6.45) is 15.1. The highest BCUT2D eigenvalue weighted by Crippen LogP contribution is 2.39. The molecule has 0 aromatic rings. The van der Waals surface area contributed by atoms with Crippen LogP contribution in [-0.2, 0) is 28.6 Å². The number of carbonyl (C=O) groups is 3. The molecule has 0 aromatic carbocycles. The summed E-state index contributed by atoms with van der Waals surface area (Å²) in [5.41, 5.74) is -1.01. The Balaban J connectivity index is 1.99. The van der Waals surface area contributed by atoms with E-state index in [4.69, 9.17) is 14.2 Å². The monoisotopic (exact) mass is 548 g/mol. The lowest BCUT2D eigenvalue weighted by atomic mass is 9.77. The summed E-state index contributed by atoms with van der Waals surface area (Å²) in [4.78, 5) is 39.7. The standard InChI is InChI=1S/C33H56O6/c1-25(2)16-9-7-13-22-37-31(35)29-20-15-21-33(24-29,32(36)38-23-14-8-10-17-26(3)4)39-30(34)27(5)28-18-11-6-12-19-28/h25-26,28-29H,5-24H2,1-4H3. The molecule has 2 fully saturated rings. The van der Waals surface area contributed by atoms with Gasteiger partial charge in [0.05, 0.1) is 19.1 Å². The van der Waals surface area contributed by atoms with Crippen LogP contribution in [0.15, 0.2) is 12.2 Å². The lowest BCUT2D eigenvalue weighted by molar-refractivity contribution is -0.189. The van der Waals surface area contributed by atoms with Gasteiger partial charge in [-0.3, -0.25) is 4.79 Å². The summed E-state index contributed by atoms with van der Waals surface area (Å²) in [7, 11) is 0. The van der Waals surface area contributed by atoms with E-state index < -0.39 is 23.5 Å². The van der Waals surface area contributed by atoms with Crippen molar-refractivity contribution in [2.24, 2.45) is 23.7 Å². The minimum Gasteiger partial charge on any atom is -0.465 e. The molecule has 2 rings (SSSR count). The number of carbonyl (C=O) groups excluding carboxylic acids is 3. The molecular formula is C33H56O6. The molecular weight excluding hydrogens is 492 g/mol. The molecule has 0 heterocycles. The van der Waals surface area contributed by atoms with Gasteiger partial charge in [-0.15, -0.1) is 0 Å². The van der Waals surface area contributed by atoms with Crippen molar-refractivity contribution in [3.8, 4) is 0 Å². The third-order valence-electron chi connectivity index (χ3n) is 8.39. The number of rotatable bonds is 17. The van der Waals surface area contributed by atoms with Crippen LogP contribution >= 0.6 is 0 Å². The second-order valence-electron chi connectivity index (χ2n) is 12.8. The van der Waals surface area contributed by atoms with Crippen LogP contribution in [0.25, 0.3) is 0 Å². The van der Waals surface area contributed by atoms with Crippen LogP contribution in [0.2, 0.25) is 0 Å². The minimum atomic E-state index is -1.45. The van der Waals surface area contributed by atoms with Gasteiger partial charge < -0.3 is 14.2 Å². The fourth-order valence-electron chi connectivity index (χ4n) is 5.87. The number of hydrogen-bond acceptors (Lipinski definition) is 6. The molecule has 2 aliphatic rings. The number of esters is 3. The fraction of sp³-hybridized carbons (Fsp3) is 0.848. The molecule has 0 bridgehead atoms. The molecule has 224 valence electrons. The highest BCUT2D eigenvalue weighted by molar-refractivity contribution is 5.92. The first-order chi connectivity index (χ1) is 18.6. The highest BCUT2D eigenvalue weighted by atomic mass is 16.6. The summed E-state index contributed by atoms with van der Waals surface area (Å²) in [5.74, 6) is -0.390. The summed E-state index contributed by atoms with van der Waals surface area (Å²) in [5, 5.41) is 0. The Morgan fingerprint density at radius 1 is 0.744 bits per heavy atom. The molecule has 6 heteroatoms. The van der Waals surface area contributed by atoms with E-state index >= 15 is 0 Å². The number of unbranched alkanes of at least 4 members (excludes halogenated alkanes) is 4. The van der Waals surface area contributed by atoms with E-state index in [0.717, 1.165) is 70.6 Å². The second-order valence-corrected chi connectivity index (χ2v) is 12.8. The van der Waals surface area contributed by atoms with Gasteiger partial charge in [0, 0.05) is 12.0 Å². The van der Waals surface area contributed by atoms with Gasteiger partial charge in [-0.05, 0) is 62.7 Å². The maximum absolute atomic E-state index is 13.5. The Morgan fingerprint density at radius 2 is 1.31 bits per heavy atom. The Morgan fingerprint density at radius 3 is 1.90 bits per heavy atom.